The quantitative estimate of drug-likeness (QED) is 0.623. The van der Waals surface area contributed by atoms with Crippen molar-refractivity contribution in [3.63, 3.8) is 0 Å². The maximum atomic E-state index is 14.1. The third-order valence-corrected chi connectivity index (χ3v) is 7.36. The molecule has 1 aromatic carbocycles. The fraction of sp³-hybridized carbons (Fsp3) is 0.435. The average molecular weight is 426 g/mol. The normalized spacial score (nSPS) is 18.4. The fourth-order valence-electron chi connectivity index (χ4n) is 4.33. The number of aryl methyl sites for hydroxylation is 1. The Balaban J connectivity index is 1.43. The number of hydrogen-bond acceptors (Lipinski definition) is 4. The van der Waals surface area contributed by atoms with Crippen LogP contribution in [-0.2, 0) is 30.7 Å². The van der Waals surface area contributed by atoms with Crippen LogP contribution in [0.2, 0.25) is 0 Å². The lowest BCUT2D eigenvalue weighted by Gasteiger charge is -2.23. The second kappa shape index (κ2) is 7.61. The molecule has 5 nitrogen and oxygen atoms in total. The summed E-state index contributed by atoms with van der Waals surface area (Å²) in [6.07, 6.45) is 6.29. The van der Waals surface area contributed by atoms with E-state index in [1.165, 1.54) is 21.8 Å². The molecule has 2 aliphatic carbocycles. The highest BCUT2D eigenvalue weighted by Gasteiger charge is 2.33. The molecule has 1 unspecified atom stereocenters. The van der Waals surface area contributed by atoms with E-state index in [2.05, 4.69) is 11.9 Å². The predicted octanol–water partition coefficient (Wildman–Crippen LogP) is 3.91. The largest absolute Gasteiger partial charge is 0.334 e. The van der Waals surface area contributed by atoms with Crippen LogP contribution in [0, 0.1) is 11.7 Å². The lowest BCUT2D eigenvalue weighted by molar-refractivity contribution is -0.133. The van der Waals surface area contributed by atoms with Crippen LogP contribution in [0.3, 0.4) is 0 Å². The number of aromatic nitrogens is 2. The first-order valence-corrected chi connectivity index (χ1v) is 11.4. The Labute approximate surface area is 178 Å². The van der Waals surface area contributed by atoms with E-state index in [9.17, 15) is 14.0 Å². The molecule has 0 N–H and O–H groups in total. The third-order valence-electron chi connectivity index (χ3n) is 6.19. The first-order chi connectivity index (χ1) is 14.5. The van der Waals surface area contributed by atoms with Gasteiger partial charge in [-0.25, -0.2) is 9.37 Å². The average Bonchev–Trinajstić information content (AvgIpc) is 3.49. The van der Waals surface area contributed by atoms with Gasteiger partial charge < -0.3 is 4.90 Å². The van der Waals surface area contributed by atoms with Gasteiger partial charge in [-0.15, -0.1) is 11.3 Å². The van der Waals surface area contributed by atoms with Crippen molar-refractivity contribution in [3.8, 4) is 0 Å². The Bertz CT molecular complexity index is 1180. The van der Waals surface area contributed by atoms with Crippen molar-refractivity contribution in [2.75, 3.05) is 0 Å². The van der Waals surface area contributed by atoms with Crippen LogP contribution in [0.4, 0.5) is 4.39 Å². The number of carbonyl (C=O) groups excluding carboxylic acids is 1. The summed E-state index contributed by atoms with van der Waals surface area (Å²) < 4.78 is 15.5. The Hall–Kier alpha value is -2.54. The molecule has 1 fully saturated rings. The van der Waals surface area contributed by atoms with Crippen molar-refractivity contribution in [1.82, 2.24) is 14.5 Å². The number of thiophene rings is 1. The number of hydrogen-bond donors (Lipinski definition) is 0. The first-order valence-electron chi connectivity index (χ1n) is 10.5. The molecule has 30 heavy (non-hydrogen) atoms. The number of halogens is 1. The molecular formula is C23H24FN3O2S. The molecule has 1 saturated carbocycles. The van der Waals surface area contributed by atoms with Gasteiger partial charge in [0, 0.05) is 23.0 Å². The molecule has 2 heterocycles. The zero-order valence-electron chi connectivity index (χ0n) is 16.9. The lowest BCUT2D eigenvalue weighted by Crippen LogP contribution is -2.38. The predicted molar refractivity (Wildman–Crippen MR) is 115 cm³/mol. The maximum Gasteiger partial charge on any atom is 0.262 e. The van der Waals surface area contributed by atoms with Gasteiger partial charge in [0.25, 0.3) is 5.56 Å². The Morgan fingerprint density at radius 1 is 1.30 bits per heavy atom. The topological polar surface area (TPSA) is 55.2 Å². The molecule has 0 bridgehead atoms. The van der Waals surface area contributed by atoms with Gasteiger partial charge in [0.1, 0.15) is 17.2 Å². The van der Waals surface area contributed by atoms with Gasteiger partial charge >= 0.3 is 0 Å². The summed E-state index contributed by atoms with van der Waals surface area (Å²) in [5, 5.41) is 0.685. The van der Waals surface area contributed by atoms with Crippen molar-refractivity contribution in [3.05, 3.63) is 62.8 Å². The van der Waals surface area contributed by atoms with Crippen LogP contribution < -0.4 is 5.56 Å². The van der Waals surface area contributed by atoms with Crippen LogP contribution in [0.25, 0.3) is 10.2 Å². The minimum absolute atomic E-state index is 0.0618. The van der Waals surface area contributed by atoms with Crippen molar-refractivity contribution >= 4 is 27.5 Å². The van der Waals surface area contributed by atoms with E-state index in [1.807, 2.05) is 0 Å². The van der Waals surface area contributed by atoms with Crippen LogP contribution in [0.15, 0.2) is 35.4 Å². The van der Waals surface area contributed by atoms with Gasteiger partial charge in [0.05, 0.1) is 11.7 Å². The molecule has 2 aromatic heterocycles. The zero-order valence-corrected chi connectivity index (χ0v) is 17.8. The summed E-state index contributed by atoms with van der Waals surface area (Å²) in [7, 11) is 0. The molecule has 1 amide bonds. The molecule has 2 aliphatic rings. The number of rotatable bonds is 5. The summed E-state index contributed by atoms with van der Waals surface area (Å²) in [5.74, 6) is 0.150. The van der Waals surface area contributed by atoms with Crippen LogP contribution >= 0.6 is 11.3 Å². The Morgan fingerprint density at radius 3 is 2.87 bits per heavy atom. The SMILES string of the molecule is CC1CCc2c(sc3ncn(CC(=O)N(Cc4ccccc4F)C4CC4)c(=O)c23)C1. The number of carbonyl (C=O) groups is 1. The highest BCUT2D eigenvalue weighted by Crippen LogP contribution is 2.35. The molecule has 0 radical (unpaired) electrons. The fourth-order valence-corrected chi connectivity index (χ4v) is 5.67. The van der Waals surface area contributed by atoms with Gasteiger partial charge in [-0.1, -0.05) is 25.1 Å². The number of fused-ring (bicyclic) bond motifs is 3. The summed E-state index contributed by atoms with van der Waals surface area (Å²) in [4.78, 5) is 34.5. The van der Waals surface area contributed by atoms with Crippen molar-refractivity contribution in [1.29, 1.82) is 0 Å². The highest BCUT2D eigenvalue weighted by molar-refractivity contribution is 7.18. The minimum Gasteiger partial charge on any atom is -0.334 e. The number of amides is 1. The van der Waals surface area contributed by atoms with E-state index in [0.29, 0.717) is 16.9 Å². The van der Waals surface area contributed by atoms with Gasteiger partial charge in [0.2, 0.25) is 5.91 Å². The second-order valence-corrected chi connectivity index (χ2v) is 9.64. The molecule has 156 valence electrons. The minimum atomic E-state index is -0.310. The zero-order chi connectivity index (χ0) is 20.8. The molecule has 5 rings (SSSR count). The van der Waals surface area contributed by atoms with Crippen molar-refractivity contribution in [2.45, 2.75) is 58.2 Å². The standard InChI is InChI=1S/C23H24FN3O2S/c1-14-6-9-17-19(10-14)30-22-21(17)23(29)26(13-25-22)12-20(28)27(16-7-8-16)11-15-4-2-3-5-18(15)24/h2-5,13-14,16H,6-12H2,1H3. The van der Waals surface area contributed by atoms with Gasteiger partial charge in [-0.3, -0.25) is 14.2 Å². The summed E-state index contributed by atoms with van der Waals surface area (Å²) in [5.41, 5.74) is 1.49. The van der Waals surface area contributed by atoms with E-state index in [0.717, 1.165) is 42.5 Å². The highest BCUT2D eigenvalue weighted by atomic mass is 32.1. The third kappa shape index (κ3) is 3.55. The molecule has 7 heteroatoms. The molecule has 0 spiro atoms. The van der Waals surface area contributed by atoms with E-state index < -0.39 is 0 Å². The first kappa shape index (κ1) is 19.4. The summed E-state index contributed by atoms with van der Waals surface area (Å²) in [6, 6.07) is 6.66. The van der Waals surface area contributed by atoms with E-state index in [-0.39, 0.29) is 36.4 Å². The van der Waals surface area contributed by atoms with Gasteiger partial charge in [-0.05, 0) is 49.7 Å². The second-order valence-electron chi connectivity index (χ2n) is 8.55. The number of nitrogens with zero attached hydrogens (tertiary/aromatic N) is 3. The summed E-state index contributed by atoms with van der Waals surface area (Å²) >= 11 is 1.61. The van der Waals surface area contributed by atoms with Crippen molar-refractivity contribution < 1.29 is 9.18 Å². The molecule has 0 aliphatic heterocycles. The van der Waals surface area contributed by atoms with E-state index >= 15 is 0 Å². The molecule has 1 atom stereocenters. The Kier molecular flexibility index (Phi) is 4.93. The van der Waals surface area contributed by atoms with E-state index in [1.54, 1.807) is 34.4 Å². The molecule has 0 saturated heterocycles. The van der Waals surface area contributed by atoms with Crippen LogP contribution in [0.5, 0.6) is 0 Å². The molecule has 3 aromatic rings. The smallest absolute Gasteiger partial charge is 0.262 e. The van der Waals surface area contributed by atoms with Gasteiger partial charge in [0.15, 0.2) is 0 Å². The van der Waals surface area contributed by atoms with Crippen LogP contribution in [-0.4, -0.2) is 26.4 Å². The van der Waals surface area contributed by atoms with Crippen molar-refractivity contribution in [2.24, 2.45) is 5.92 Å². The number of benzene rings is 1. The monoisotopic (exact) mass is 425 g/mol. The lowest BCUT2D eigenvalue weighted by atomic mass is 9.89. The summed E-state index contributed by atoms with van der Waals surface area (Å²) in [6.45, 7) is 2.40. The Morgan fingerprint density at radius 2 is 2.10 bits per heavy atom. The maximum absolute atomic E-state index is 14.1. The van der Waals surface area contributed by atoms with Gasteiger partial charge in [-0.2, -0.15) is 0 Å². The molecular weight excluding hydrogens is 401 g/mol. The van der Waals surface area contributed by atoms with Crippen LogP contribution in [0.1, 0.15) is 42.2 Å². The van der Waals surface area contributed by atoms with E-state index in [4.69, 9.17) is 0 Å².